The molecule has 4 rings (SSSR count). The summed E-state index contributed by atoms with van der Waals surface area (Å²) in [7, 11) is 0. The van der Waals surface area contributed by atoms with E-state index in [0.717, 1.165) is 0 Å². The van der Waals surface area contributed by atoms with E-state index >= 15 is 0 Å². The van der Waals surface area contributed by atoms with Gasteiger partial charge in [-0.1, -0.05) is 17.7 Å². The van der Waals surface area contributed by atoms with E-state index in [0.29, 0.717) is 34.6 Å². The molecule has 148 valence electrons. The number of anilines is 2. The highest BCUT2D eigenvalue weighted by Crippen LogP contribution is 2.34. The lowest BCUT2D eigenvalue weighted by atomic mass is 9.89. The summed E-state index contributed by atoms with van der Waals surface area (Å²) in [5.41, 5.74) is 6.10. The molecule has 2 aromatic heterocycles. The van der Waals surface area contributed by atoms with Gasteiger partial charge in [0, 0.05) is 6.04 Å². The number of nitriles is 1. The van der Waals surface area contributed by atoms with Gasteiger partial charge in [-0.15, -0.1) is 0 Å². The topological polar surface area (TPSA) is 143 Å². The highest BCUT2D eigenvalue weighted by atomic mass is 35.5. The van der Waals surface area contributed by atoms with Crippen molar-refractivity contribution in [2.75, 3.05) is 11.1 Å². The molecule has 1 atom stereocenters. The van der Waals surface area contributed by atoms with Crippen molar-refractivity contribution in [2.24, 2.45) is 0 Å². The fourth-order valence-electron chi connectivity index (χ4n) is 3.54. The first-order valence-electron chi connectivity index (χ1n) is 9.06. The van der Waals surface area contributed by atoms with Crippen LogP contribution < -0.4 is 16.6 Å². The molecule has 10 heteroatoms. The van der Waals surface area contributed by atoms with Crippen LogP contribution in [0.25, 0.3) is 10.9 Å². The lowest BCUT2D eigenvalue weighted by Gasteiger charge is -2.35. The zero-order valence-corrected chi connectivity index (χ0v) is 16.3. The Morgan fingerprint density at radius 3 is 2.86 bits per heavy atom. The SMILES string of the molecule is C[C@H](Nc1ncnc(N)c1C#N)c1nc2cccc(Cl)c2c(=O)n1[C@H]1C[C@H](O)C1. The molecule has 2 heterocycles. The van der Waals surface area contributed by atoms with E-state index in [-0.39, 0.29) is 28.8 Å². The molecular formula is C19H18ClN7O2. The summed E-state index contributed by atoms with van der Waals surface area (Å²) in [6.45, 7) is 1.81. The number of fused-ring (bicyclic) bond motifs is 1. The number of nitrogens with one attached hydrogen (secondary N) is 1. The third-order valence-corrected chi connectivity index (χ3v) is 5.40. The smallest absolute Gasteiger partial charge is 0.263 e. The number of nitrogen functional groups attached to an aromatic ring is 1. The number of rotatable bonds is 4. The maximum Gasteiger partial charge on any atom is 0.263 e. The van der Waals surface area contributed by atoms with Crippen molar-refractivity contribution in [1.29, 1.82) is 5.26 Å². The van der Waals surface area contributed by atoms with E-state index in [4.69, 9.17) is 17.3 Å². The third-order valence-electron chi connectivity index (χ3n) is 5.09. The van der Waals surface area contributed by atoms with Crippen molar-refractivity contribution in [1.82, 2.24) is 19.5 Å². The summed E-state index contributed by atoms with van der Waals surface area (Å²) in [5, 5.41) is 22.9. The molecule has 1 fully saturated rings. The van der Waals surface area contributed by atoms with Crippen LogP contribution in [0.2, 0.25) is 5.02 Å². The van der Waals surface area contributed by atoms with Gasteiger partial charge in [0.2, 0.25) is 0 Å². The van der Waals surface area contributed by atoms with E-state index < -0.39 is 12.1 Å². The van der Waals surface area contributed by atoms with Gasteiger partial charge in [-0.25, -0.2) is 15.0 Å². The number of benzene rings is 1. The predicted molar refractivity (Wildman–Crippen MR) is 108 cm³/mol. The van der Waals surface area contributed by atoms with E-state index in [2.05, 4.69) is 20.3 Å². The highest BCUT2D eigenvalue weighted by molar-refractivity contribution is 6.35. The first-order valence-corrected chi connectivity index (χ1v) is 9.44. The predicted octanol–water partition coefficient (Wildman–Crippen LogP) is 2.16. The van der Waals surface area contributed by atoms with Crippen LogP contribution >= 0.6 is 11.6 Å². The minimum absolute atomic E-state index is 0.0648. The second-order valence-electron chi connectivity index (χ2n) is 7.02. The number of nitrogens with two attached hydrogens (primary N) is 1. The Kier molecular flexibility index (Phi) is 4.82. The van der Waals surface area contributed by atoms with Gasteiger partial charge >= 0.3 is 0 Å². The number of hydrogen-bond acceptors (Lipinski definition) is 8. The van der Waals surface area contributed by atoms with Crippen LogP contribution in [0.3, 0.4) is 0 Å². The fourth-order valence-corrected chi connectivity index (χ4v) is 3.79. The molecule has 0 radical (unpaired) electrons. The number of hydrogen-bond donors (Lipinski definition) is 3. The van der Waals surface area contributed by atoms with Crippen LogP contribution in [-0.2, 0) is 0 Å². The molecular weight excluding hydrogens is 394 g/mol. The summed E-state index contributed by atoms with van der Waals surface area (Å²) in [5.74, 6) is 0.783. The van der Waals surface area contributed by atoms with Crippen molar-refractivity contribution >= 4 is 34.1 Å². The minimum atomic E-state index is -0.481. The van der Waals surface area contributed by atoms with Gasteiger partial charge in [-0.2, -0.15) is 5.26 Å². The van der Waals surface area contributed by atoms with Gasteiger partial charge in [0.15, 0.2) is 0 Å². The second kappa shape index (κ2) is 7.31. The Balaban J connectivity index is 1.84. The molecule has 0 saturated heterocycles. The minimum Gasteiger partial charge on any atom is -0.393 e. The standard InChI is InChI=1S/C19H18ClN7O2/c1-9(25-17-12(7-21)16(22)23-8-24-17)18-26-14-4-2-3-13(20)15(14)19(29)27(18)10-5-11(28)6-10/h2-4,8-11,28H,5-6H2,1H3,(H3,22,23,24,25)/t9-,10-,11-/m0/s1. The highest BCUT2D eigenvalue weighted by Gasteiger charge is 2.33. The molecule has 0 bridgehead atoms. The number of halogens is 1. The van der Waals surface area contributed by atoms with Crippen LogP contribution in [0.1, 0.15) is 43.2 Å². The molecule has 1 aromatic carbocycles. The molecule has 3 aromatic rings. The van der Waals surface area contributed by atoms with Crippen molar-refractivity contribution in [3.8, 4) is 6.07 Å². The number of aliphatic hydroxyl groups is 1. The summed E-state index contributed by atoms with van der Waals surface area (Å²) in [6.07, 6.45) is 1.73. The number of aliphatic hydroxyl groups excluding tert-OH is 1. The summed E-state index contributed by atoms with van der Waals surface area (Å²) < 4.78 is 1.58. The largest absolute Gasteiger partial charge is 0.393 e. The second-order valence-corrected chi connectivity index (χ2v) is 7.43. The summed E-state index contributed by atoms with van der Waals surface area (Å²) >= 11 is 6.26. The van der Waals surface area contributed by atoms with Gasteiger partial charge in [0.05, 0.1) is 28.1 Å². The Labute approximate surface area is 170 Å². The number of aromatic nitrogens is 4. The van der Waals surface area contributed by atoms with Gasteiger partial charge in [0.25, 0.3) is 5.56 Å². The number of nitrogens with zero attached hydrogens (tertiary/aromatic N) is 5. The summed E-state index contributed by atoms with van der Waals surface area (Å²) in [6, 6.07) is 6.42. The van der Waals surface area contributed by atoms with Crippen LogP contribution in [0.5, 0.6) is 0 Å². The Morgan fingerprint density at radius 2 is 2.17 bits per heavy atom. The monoisotopic (exact) mass is 411 g/mol. The van der Waals surface area contributed by atoms with Gasteiger partial charge in [-0.05, 0) is 31.9 Å². The molecule has 0 aliphatic heterocycles. The molecule has 0 amide bonds. The molecule has 9 nitrogen and oxygen atoms in total. The van der Waals surface area contributed by atoms with E-state index in [1.54, 1.807) is 22.8 Å². The Bertz CT molecular complexity index is 1200. The molecule has 29 heavy (non-hydrogen) atoms. The average molecular weight is 412 g/mol. The normalized spacial score (nSPS) is 19.4. The molecule has 1 aliphatic rings. The summed E-state index contributed by atoms with van der Waals surface area (Å²) in [4.78, 5) is 25.9. The van der Waals surface area contributed by atoms with Crippen molar-refractivity contribution in [2.45, 2.75) is 38.0 Å². The van der Waals surface area contributed by atoms with Crippen LogP contribution in [0.15, 0.2) is 29.3 Å². The first kappa shape index (κ1) is 19.1. The molecule has 0 spiro atoms. The van der Waals surface area contributed by atoms with Gasteiger partial charge in [-0.3, -0.25) is 9.36 Å². The van der Waals surface area contributed by atoms with Crippen LogP contribution in [0, 0.1) is 11.3 Å². The maximum atomic E-state index is 13.3. The molecule has 1 aliphatic carbocycles. The van der Waals surface area contributed by atoms with E-state index in [9.17, 15) is 15.2 Å². The third kappa shape index (κ3) is 3.26. The van der Waals surface area contributed by atoms with Crippen LogP contribution in [-0.4, -0.2) is 30.7 Å². The van der Waals surface area contributed by atoms with Gasteiger partial charge in [0.1, 0.15) is 35.4 Å². The Morgan fingerprint density at radius 1 is 1.41 bits per heavy atom. The first-order chi connectivity index (χ1) is 13.9. The van der Waals surface area contributed by atoms with E-state index in [1.165, 1.54) is 6.33 Å². The van der Waals surface area contributed by atoms with Crippen molar-refractivity contribution in [3.63, 3.8) is 0 Å². The molecule has 1 saturated carbocycles. The fraction of sp³-hybridized carbons (Fsp3) is 0.316. The van der Waals surface area contributed by atoms with Gasteiger partial charge < -0.3 is 16.2 Å². The quantitative estimate of drug-likeness (QED) is 0.592. The molecule has 4 N–H and O–H groups in total. The lowest BCUT2D eigenvalue weighted by molar-refractivity contribution is 0.0454. The zero-order valence-electron chi connectivity index (χ0n) is 15.5. The molecule has 0 unspecified atom stereocenters. The van der Waals surface area contributed by atoms with E-state index in [1.807, 2.05) is 13.0 Å². The zero-order chi connectivity index (χ0) is 20.7. The lowest BCUT2D eigenvalue weighted by Crippen LogP contribution is -2.40. The maximum absolute atomic E-state index is 13.3. The van der Waals surface area contributed by atoms with Crippen molar-refractivity contribution in [3.05, 3.63) is 51.3 Å². The van der Waals surface area contributed by atoms with Crippen molar-refractivity contribution < 1.29 is 5.11 Å². The van der Waals surface area contributed by atoms with Crippen LogP contribution in [0.4, 0.5) is 11.6 Å². The Hall–Kier alpha value is -3.22. The average Bonchev–Trinajstić information content (AvgIpc) is 2.66.